The first kappa shape index (κ1) is 16.4. The topological polar surface area (TPSA) is 72.6 Å². The van der Waals surface area contributed by atoms with Crippen molar-refractivity contribution < 1.29 is 13.2 Å². The van der Waals surface area contributed by atoms with Crippen molar-refractivity contribution in [3.8, 4) is 0 Å². The van der Waals surface area contributed by atoms with E-state index in [-0.39, 0.29) is 17.9 Å². The summed E-state index contributed by atoms with van der Waals surface area (Å²) in [7, 11) is -3.33. The summed E-state index contributed by atoms with van der Waals surface area (Å²) in [6.07, 6.45) is 0.708. The summed E-state index contributed by atoms with van der Waals surface area (Å²) >= 11 is 0. The quantitative estimate of drug-likeness (QED) is 0.894. The molecule has 118 valence electrons. The molecular formula is C15H24N2O3S. The van der Waals surface area contributed by atoms with E-state index in [9.17, 15) is 8.42 Å². The minimum Gasteiger partial charge on any atom is -0.375 e. The van der Waals surface area contributed by atoms with E-state index in [0.717, 1.165) is 17.5 Å². The van der Waals surface area contributed by atoms with Crippen LogP contribution in [0.3, 0.4) is 0 Å². The van der Waals surface area contributed by atoms with Gasteiger partial charge in [0, 0.05) is 19.1 Å². The number of nitrogens with two attached hydrogens (primary N) is 1. The molecule has 0 aromatic heterocycles. The standard InChI is InChI=1S/C15H24N2O3S/c1-3-15-10-20-12(2)9-17(15)21(18,19)11-14-6-4-13(8-16)5-7-14/h4-7,12,15H,3,8-11,16H2,1-2H3. The lowest BCUT2D eigenvalue weighted by atomic mass is 10.1. The van der Waals surface area contributed by atoms with Crippen LogP contribution in [0, 0.1) is 0 Å². The Hall–Kier alpha value is -0.950. The van der Waals surface area contributed by atoms with Gasteiger partial charge in [0.05, 0.1) is 18.5 Å². The van der Waals surface area contributed by atoms with E-state index in [0.29, 0.717) is 19.7 Å². The molecule has 2 N–H and O–H groups in total. The summed E-state index contributed by atoms with van der Waals surface area (Å²) in [5.41, 5.74) is 7.35. The minimum absolute atomic E-state index is 0.0288. The Morgan fingerprint density at radius 3 is 2.48 bits per heavy atom. The predicted molar refractivity (Wildman–Crippen MR) is 83.2 cm³/mol. The maximum atomic E-state index is 12.7. The maximum Gasteiger partial charge on any atom is 0.218 e. The Labute approximate surface area is 127 Å². The van der Waals surface area contributed by atoms with Crippen molar-refractivity contribution in [1.29, 1.82) is 0 Å². The van der Waals surface area contributed by atoms with Crippen molar-refractivity contribution in [1.82, 2.24) is 4.31 Å². The SMILES string of the molecule is CCC1COC(C)CN1S(=O)(=O)Cc1ccc(CN)cc1. The molecule has 2 atom stereocenters. The van der Waals surface area contributed by atoms with Gasteiger partial charge in [-0.05, 0) is 24.5 Å². The molecule has 2 unspecified atom stereocenters. The summed E-state index contributed by atoms with van der Waals surface area (Å²) in [6, 6.07) is 7.37. The molecule has 1 aromatic carbocycles. The minimum atomic E-state index is -3.33. The zero-order valence-electron chi connectivity index (χ0n) is 12.7. The lowest BCUT2D eigenvalue weighted by Gasteiger charge is -2.37. The Balaban J connectivity index is 2.15. The maximum absolute atomic E-state index is 12.7. The van der Waals surface area contributed by atoms with Crippen LogP contribution in [0.2, 0.25) is 0 Å². The summed E-state index contributed by atoms with van der Waals surface area (Å²) in [6.45, 7) is 5.27. The van der Waals surface area contributed by atoms with Crippen molar-refractivity contribution in [2.24, 2.45) is 5.73 Å². The molecule has 1 saturated heterocycles. The molecular weight excluding hydrogens is 288 g/mol. The summed E-state index contributed by atoms with van der Waals surface area (Å²) in [4.78, 5) is 0. The van der Waals surface area contributed by atoms with Crippen LogP contribution in [0.15, 0.2) is 24.3 Å². The van der Waals surface area contributed by atoms with Crippen LogP contribution < -0.4 is 5.73 Å². The molecule has 21 heavy (non-hydrogen) atoms. The number of hydrogen-bond donors (Lipinski definition) is 1. The first-order chi connectivity index (χ1) is 9.96. The highest BCUT2D eigenvalue weighted by Crippen LogP contribution is 2.21. The molecule has 1 aromatic rings. The molecule has 1 fully saturated rings. The second-order valence-electron chi connectivity index (χ2n) is 5.55. The third-order valence-corrected chi connectivity index (χ3v) is 5.71. The number of benzene rings is 1. The zero-order chi connectivity index (χ0) is 15.5. The molecule has 0 radical (unpaired) electrons. The molecule has 0 spiro atoms. The molecule has 1 heterocycles. The number of rotatable bonds is 5. The van der Waals surface area contributed by atoms with Gasteiger partial charge in [0.1, 0.15) is 0 Å². The van der Waals surface area contributed by atoms with E-state index in [1.165, 1.54) is 0 Å². The van der Waals surface area contributed by atoms with E-state index in [4.69, 9.17) is 10.5 Å². The highest BCUT2D eigenvalue weighted by Gasteiger charge is 2.34. The lowest BCUT2D eigenvalue weighted by Crippen LogP contribution is -2.51. The van der Waals surface area contributed by atoms with E-state index < -0.39 is 10.0 Å². The Kier molecular flexibility index (Phi) is 5.37. The normalized spacial score (nSPS) is 24.1. The van der Waals surface area contributed by atoms with Crippen molar-refractivity contribution in [2.75, 3.05) is 13.2 Å². The zero-order valence-corrected chi connectivity index (χ0v) is 13.5. The number of nitrogens with zero attached hydrogens (tertiary/aromatic N) is 1. The molecule has 0 aliphatic carbocycles. The second-order valence-corrected chi connectivity index (χ2v) is 7.47. The molecule has 0 amide bonds. The van der Waals surface area contributed by atoms with Crippen molar-refractivity contribution in [3.63, 3.8) is 0 Å². The summed E-state index contributed by atoms with van der Waals surface area (Å²) in [5.74, 6) is 0.0288. The monoisotopic (exact) mass is 312 g/mol. The fraction of sp³-hybridized carbons (Fsp3) is 0.600. The van der Waals surface area contributed by atoms with Gasteiger partial charge >= 0.3 is 0 Å². The van der Waals surface area contributed by atoms with E-state index in [1.54, 1.807) is 4.31 Å². The van der Waals surface area contributed by atoms with Gasteiger partial charge < -0.3 is 10.5 Å². The summed E-state index contributed by atoms with van der Waals surface area (Å²) in [5, 5.41) is 0. The highest BCUT2D eigenvalue weighted by molar-refractivity contribution is 7.88. The van der Waals surface area contributed by atoms with Gasteiger partial charge in [0.25, 0.3) is 0 Å². The van der Waals surface area contributed by atoms with Gasteiger partial charge in [-0.2, -0.15) is 4.31 Å². The average Bonchev–Trinajstić information content (AvgIpc) is 2.47. The smallest absolute Gasteiger partial charge is 0.218 e. The first-order valence-electron chi connectivity index (χ1n) is 7.35. The third-order valence-electron chi connectivity index (χ3n) is 3.85. The molecule has 5 nitrogen and oxygen atoms in total. The molecule has 0 bridgehead atoms. The first-order valence-corrected chi connectivity index (χ1v) is 8.96. The van der Waals surface area contributed by atoms with Crippen molar-refractivity contribution >= 4 is 10.0 Å². The van der Waals surface area contributed by atoms with Crippen LogP contribution in [-0.2, 0) is 27.1 Å². The number of sulfonamides is 1. The molecule has 1 aliphatic rings. The van der Waals surface area contributed by atoms with Crippen LogP contribution in [0.5, 0.6) is 0 Å². The predicted octanol–water partition coefficient (Wildman–Crippen LogP) is 1.47. The molecule has 2 rings (SSSR count). The lowest BCUT2D eigenvalue weighted by molar-refractivity contribution is -0.0231. The second kappa shape index (κ2) is 6.87. The van der Waals surface area contributed by atoms with Gasteiger partial charge in [-0.1, -0.05) is 31.2 Å². The van der Waals surface area contributed by atoms with E-state index in [1.807, 2.05) is 38.1 Å². The van der Waals surface area contributed by atoms with Crippen LogP contribution >= 0.6 is 0 Å². The Bertz CT molecular complexity index is 557. The molecule has 1 aliphatic heterocycles. The molecule has 6 heteroatoms. The van der Waals surface area contributed by atoms with E-state index >= 15 is 0 Å². The van der Waals surface area contributed by atoms with E-state index in [2.05, 4.69) is 0 Å². The van der Waals surface area contributed by atoms with Gasteiger partial charge in [0.15, 0.2) is 0 Å². The third kappa shape index (κ3) is 4.03. The van der Waals surface area contributed by atoms with Gasteiger partial charge in [-0.15, -0.1) is 0 Å². The van der Waals surface area contributed by atoms with Crippen LogP contribution in [-0.4, -0.2) is 38.0 Å². The van der Waals surface area contributed by atoms with Crippen LogP contribution in [0.25, 0.3) is 0 Å². The van der Waals surface area contributed by atoms with Gasteiger partial charge in [0.2, 0.25) is 10.0 Å². The Morgan fingerprint density at radius 1 is 1.29 bits per heavy atom. The molecule has 0 saturated carbocycles. The Morgan fingerprint density at radius 2 is 1.90 bits per heavy atom. The van der Waals surface area contributed by atoms with Gasteiger partial charge in [-0.25, -0.2) is 8.42 Å². The highest BCUT2D eigenvalue weighted by atomic mass is 32.2. The van der Waals surface area contributed by atoms with Crippen molar-refractivity contribution in [2.45, 2.75) is 44.7 Å². The fourth-order valence-electron chi connectivity index (χ4n) is 2.54. The number of hydrogen-bond acceptors (Lipinski definition) is 4. The summed E-state index contributed by atoms with van der Waals surface area (Å²) < 4.78 is 32.5. The van der Waals surface area contributed by atoms with Crippen LogP contribution in [0.4, 0.5) is 0 Å². The number of ether oxygens (including phenoxy) is 1. The average molecular weight is 312 g/mol. The fourth-order valence-corrected chi connectivity index (χ4v) is 4.42. The largest absolute Gasteiger partial charge is 0.375 e. The van der Waals surface area contributed by atoms with Crippen LogP contribution in [0.1, 0.15) is 31.4 Å². The van der Waals surface area contributed by atoms with Crippen molar-refractivity contribution in [3.05, 3.63) is 35.4 Å². The number of morpholine rings is 1. The van der Waals surface area contributed by atoms with Gasteiger partial charge in [-0.3, -0.25) is 0 Å².